The molecule has 37 heavy (non-hydrogen) atoms. The largest absolute Gasteiger partial charge is 0.477 e. The minimum atomic E-state index is -1.22. The van der Waals surface area contributed by atoms with Gasteiger partial charge in [-0.15, -0.1) is 11.3 Å². The number of carboxylic acids is 1. The number of ether oxygens (including phenoxy) is 1. The maximum atomic E-state index is 13.6. The molecule has 1 N–H and O–H groups in total. The van der Waals surface area contributed by atoms with Crippen LogP contribution in [-0.4, -0.2) is 46.1 Å². The van der Waals surface area contributed by atoms with Crippen LogP contribution in [0, 0.1) is 11.8 Å². The molecule has 1 atom stereocenters. The van der Waals surface area contributed by atoms with Crippen molar-refractivity contribution in [3.63, 3.8) is 0 Å². The summed E-state index contributed by atoms with van der Waals surface area (Å²) in [7, 11) is -1.22. The van der Waals surface area contributed by atoms with E-state index in [1.165, 1.54) is 32.1 Å². The number of nitrogens with zero attached hydrogens (tertiary/aromatic N) is 3. The summed E-state index contributed by atoms with van der Waals surface area (Å²) in [5.74, 6) is -0.693. The third-order valence-electron chi connectivity index (χ3n) is 6.86. The van der Waals surface area contributed by atoms with Gasteiger partial charge in [-0.1, -0.05) is 58.0 Å². The molecule has 1 fully saturated rings. The number of Topliss-reactive ketones (excluding diaryl/α,β-unsaturated/α-hetero) is 1. The number of ketones is 1. The molecule has 3 aromatic rings. The summed E-state index contributed by atoms with van der Waals surface area (Å²) in [5.41, 5.74) is 2.20. The highest BCUT2D eigenvalue weighted by atomic mass is 32.1. The lowest BCUT2D eigenvalue weighted by Gasteiger charge is -2.18. The van der Waals surface area contributed by atoms with Gasteiger partial charge in [0, 0.05) is 26.8 Å². The zero-order chi connectivity index (χ0) is 26.6. The zero-order valence-corrected chi connectivity index (χ0v) is 24.0. The summed E-state index contributed by atoms with van der Waals surface area (Å²) in [6.07, 6.45) is 13.9. The lowest BCUT2D eigenvalue weighted by atomic mass is 9.88. The predicted octanol–water partition coefficient (Wildman–Crippen LogP) is 7.13. The number of rotatable bonds is 11. The Kier molecular flexibility index (Phi) is 8.77. The molecule has 0 spiro atoms. The first-order chi connectivity index (χ1) is 17.6. The summed E-state index contributed by atoms with van der Waals surface area (Å²) < 4.78 is 7.83. The first-order valence-electron chi connectivity index (χ1n) is 13.1. The molecule has 1 aliphatic rings. The standard InChI is InChI=1S/C28H37N3O4SSi/c1-19(10-11-20-8-6-5-7-9-20)26(32)21-17-31(18-35-14-15-37(2,3)4)27-25(21)30-22(16-29-27)23-12-13-24(36-23)28(33)34/h10-13,16-17,19-20H,5-9,14-15,18H2,1-4H3,(H,33,34). The fourth-order valence-electron chi connectivity index (χ4n) is 4.56. The molecule has 0 amide bonds. The molecule has 0 aliphatic heterocycles. The second-order valence-electron chi connectivity index (χ2n) is 11.2. The lowest BCUT2D eigenvalue weighted by molar-refractivity contribution is 0.0701. The van der Waals surface area contributed by atoms with Crippen LogP contribution >= 0.6 is 11.3 Å². The molecule has 198 valence electrons. The smallest absolute Gasteiger partial charge is 0.345 e. The Hall–Kier alpha value is -2.62. The van der Waals surface area contributed by atoms with Crippen molar-refractivity contribution >= 4 is 42.3 Å². The van der Waals surface area contributed by atoms with Crippen molar-refractivity contribution < 1.29 is 19.4 Å². The van der Waals surface area contributed by atoms with Gasteiger partial charge in [0.15, 0.2) is 11.4 Å². The molecule has 0 saturated heterocycles. The Morgan fingerprint density at radius 2 is 2.00 bits per heavy atom. The minimum absolute atomic E-state index is 0.00163. The average Bonchev–Trinajstić information content (AvgIpc) is 3.50. The van der Waals surface area contributed by atoms with E-state index in [4.69, 9.17) is 9.72 Å². The monoisotopic (exact) mass is 539 g/mol. The summed E-state index contributed by atoms with van der Waals surface area (Å²) in [5, 5.41) is 9.30. The molecular weight excluding hydrogens is 502 g/mol. The number of carboxylic acid groups (broad SMARTS) is 1. The van der Waals surface area contributed by atoms with Crippen molar-refractivity contribution in [2.45, 2.75) is 71.4 Å². The van der Waals surface area contributed by atoms with E-state index in [1.807, 2.05) is 23.8 Å². The number of carbonyl (C=O) groups is 2. The normalized spacial score (nSPS) is 16.0. The Morgan fingerprint density at radius 3 is 2.68 bits per heavy atom. The highest BCUT2D eigenvalue weighted by molar-refractivity contribution is 7.17. The topological polar surface area (TPSA) is 94.3 Å². The molecule has 4 rings (SSSR count). The van der Waals surface area contributed by atoms with Gasteiger partial charge in [-0.3, -0.25) is 4.79 Å². The summed E-state index contributed by atoms with van der Waals surface area (Å²) in [4.78, 5) is 35.3. The Morgan fingerprint density at radius 1 is 1.24 bits per heavy atom. The highest BCUT2D eigenvalue weighted by Gasteiger charge is 2.23. The second-order valence-corrected chi connectivity index (χ2v) is 17.9. The van der Waals surface area contributed by atoms with Gasteiger partial charge in [0.05, 0.1) is 22.3 Å². The van der Waals surface area contributed by atoms with E-state index in [2.05, 4.69) is 30.7 Å². The number of hydrogen-bond donors (Lipinski definition) is 1. The quantitative estimate of drug-likeness (QED) is 0.121. The average molecular weight is 540 g/mol. The lowest BCUT2D eigenvalue weighted by Crippen LogP contribution is -2.22. The van der Waals surface area contributed by atoms with Gasteiger partial charge in [0.25, 0.3) is 0 Å². The number of aromatic nitrogens is 3. The van der Waals surface area contributed by atoms with Crippen LogP contribution in [0.2, 0.25) is 25.7 Å². The first-order valence-corrected chi connectivity index (χ1v) is 17.6. The van der Waals surface area contributed by atoms with Crippen molar-refractivity contribution in [2.24, 2.45) is 11.8 Å². The van der Waals surface area contributed by atoms with Gasteiger partial charge < -0.3 is 14.4 Å². The van der Waals surface area contributed by atoms with Crippen LogP contribution < -0.4 is 0 Å². The molecule has 3 heterocycles. The van der Waals surface area contributed by atoms with Gasteiger partial charge in [0.2, 0.25) is 0 Å². The summed E-state index contributed by atoms with van der Waals surface area (Å²) >= 11 is 1.15. The van der Waals surface area contributed by atoms with Crippen LogP contribution in [0.1, 0.15) is 59.1 Å². The number of hydrogen-bond acceptors (Lipinski definition) is 6. The SMILES string of the molecule is CC(C=CC1CCCCC1)C(=O)c1cn(COCC[Si](C)(C)C)c2ncc(-c3ccc(C(=O)O)s3)nc12. The third-order valence-corrected chi connectivity index (χ3v) is 9.66. The van der Waals surface area contributed by atoms with Crippen molar-refractivity contribution in [1.82, 2.24) is 14.5 Å². The fraction of sp³-hybridized carbons (Fsp3) is 0.500. The molecule has 3 aromatic heterocycles. The van der Waals surface area contributed by atoms with E-state index >= 15 is 0 Å². The van der Waals surface area contributed by atoms with E-state index in [-0.39, 0.29) is 16.6 Å². The van der Waals surface area contributed by atoms with E-state index in [9.17, 15) is 14.7 Å². The molecule has 1 saturated carbocycles. The third kappa shape index (κ3) is 7.03. The second kappa shape index (κ2) is 11.8. The maximum Gasteiger partial charge on any atom is 0.345 e. The maximum absolute atomic E-state index is 13.6. The summed E-state index contributed by atoms with van der Waals surface area (Å²) in [6, 6.07) is 4.36. The van der Waals surface area contributed by atoms with Gasteiger partial charge in [-0.25, -0.2) is 14.8 Å². The van der Waals surface area contributed by atoms with E-state index < -0.39 is 14.0 Å². The Labute approximate surface area is 223 Å². The van der Waals surface area contributed by atoms with Gasteiger partial charge in [0.1, 0.15) is 17.1 Å². The van der Waals surface area contributed by atoms with E-state index in [1.54, 1.807) is 18.3 Å². The molecule has 0 radical (unpaired) electrons. The molecule has 9 heteroatoms. The van der Waals surface area contributed by atoms with Gasteiger partial charge >= 0.3 is 5.97 Å². The number of thiophene rings is 1. The predicted molar refractivity (Wildman–Crippen MR) is 151 cm³/mol. The van der Waals surface area contributed by atoms with Crippen LogP contribution in [0.25, 0.3) is 21.7 Å². The molecule has 1 aliphatic carbocycles. The van der Waals surface area contributed by atoms with Crippen LogP contribution in [-0.2, 0) is 11.5 Å². The Balaban J connectivity index is 1.63. The molecule has 1 unspecified atom stereocenters. The molecular formula is C28H37N3O4SSi. The molecule has 0 aromatic carbocycles. The first kappa shape index (κ1) is 27.4. The van der Waals surface area contributed by atoms with Crippen molar-refractivity contribution in [1.29, 1.82) is 0 Å². The molecule has 7 nitrogen and oxygen atoms in total. The van der Waals surface area contributed by atoms with Crippen molar-refractivity contribution in [3.8, 4) is 10.6 Å². The van der Waals surface area contributed by atoms with Crippen LogP contribution in [0.4, 0.5) is 0 Å². The molecule has 0 bridgehead atoms. The minimum Gasteiger partial charge on any atom is -0.477 e. The number of aromatic carboxylic acids is 1. The number of fused-ring (bicyclic) bond motifs is 1. The van der Waals surface area contributed by atoms with Crippen LogP contribution in [0.15, 0.2) is 36.7 Å². The fourth-order valence-corrected chi connectivity index (χ4v) is 6.12. The van der Waals surface area contributed by atoms with Crippen molar-refractivity contribution in [3.05, 3.63) is 47.1 Å². The van der Waals surface area contributed by atoms with Crippen molar-refractivity contribution in [2.75, 3.05) is 6.61 Å². The highest BCUT2D eigenvalue weighted by Crippen LogP contribution is 2.30. The van der Waals surface area contributed by atoms with Crippen LogP contribution in [0.5, 0.6) is 0 Å². The summed E-state index contributed by atoms with van der Waals surface area (Å²) in [6.45, 7) is 9.84. The number of carbonyl (C=O) groups excluding carboxylic acids is 1. The van der Waals surface area contributed by atoms with Crippen LogP contribution in [0.3, 0.4) is 0 Å². The van der Waals surface area contributed by atoms with E-state index in [0.29, 0.717) is 46.6 Å². The van der Waals surface area contributed by atoms with Gasteiger partial charge in [-0.05, 0) is 36.9 Å². The zero-order valence-electron chi connectivity index (χ0n) is 22.2. The Bertz CT molecular complexity index is 1280. The van der Waals surface area contributed by atoms with E-state index in [0.717, 1.165) is 17.4 Å². The number of allylic oxidation sites excluding steroid dienone is 2. The van der Waals surface area contributed by atoms with Gasteiger partial charge in [-0.2, -0.15) is 0 Å².